The summed E-state index contributed by atoms with van der Waals surface area (Å²) in [6.07, 6.45) is 1.44. The Balaban J connectivity index is 1.35. The first kappa shape index (κ1) is 30.7. The molecule has 43 heavy (non-hydrogen) atoms. The molecule has 0 radical (unpaired) electrons. The molecule has 0 spiro atoms. The van der Waals surface area contributed by atoms with E-state index in [1.54, 1.807) is 6.07 Å². The summed E-state index contributed by atoms with van der Waals surface area (Å²) in [4.78, 5) is 22.5. The van der Waals surface area contributed by atoms with Gasteiger partial charge in [0.25, 0.3) is 0 Å². The van der Waals surface area contributed by atoms with Crippen molar-refractivity contribution in [1.82, 2.24) is 19.6 Å². The van der Waals surface area contributed by atoms with E-state index in [9.17, 15) is 22.7 Å². The lowest BCUT2D eigenvalue weighted by molar-refractivity contribution is -0.124. The van der Waals surface area contributed by atoms with Crippen LogP contribution in [-0.2, 0) is 27.8 Å². The summed E-state index contributed by atoms with van der Waals surface area (Å²) in [6.45, 7) is 0.0763. The Bertz CT molecular complexity index is 1660. The molecule has 12 heteroatoms. The molecule has 2 atom stereocenters. The molecule has 3 aromatic carbocycles. The molecule has 4 aromatic rings. The molecule has 3 N–H and O–H groups in total. The number of sulfonamides is 1. The molecule has 9 nitrogen and oxygen atoms in total. The first-order chi connectivity index (χ1) is 20.7. The highest BCUT2D eigenvalue weighted by Gasteiger charge is 2.39. The van der Waals surface area contributed by atoms with E-state index in [1.165, 1.54) is 16.4 Å². The highest BCUT2D eigenvalue weighted by molar-refractivity contribution is 9.10. The van der Waals surface area contributed by atoms with Crippen molar-refractivity contribution in [3.05, 3.63) is 106 Å². The maximum Gasteiger partial charge on any atom is 0.243 e. The summed E-state index contributed by atoms with van der Waals surface area (Å²) in [5.41, 5.74) is 3.00. The summed E-state index contributed by atoms with van der Waals surface area (Å²) in [5, 5.41) is 16.1. The predicted octanol–water partition coefficient (Wildman–Crippen LogP) is 4.53. The average molecular weight is 669 g/mol. The number of hydrogen-bond donors (Lipinski definition) is 3. The monoisotopic (exact) mass is 667 g/mol. The van der Waals surface area contributed by atoms with E-state index in [2.05, 4.69) is 36.5 Å². The number of nitrogens with one attached hydrogen (secondary N) is 2. The third-order valence-corrected chi connectivity index (χ3v) is 9.62. The Kier molecular flexibility index (Phi) is 9.81. The van der Waals surface area contributed by atoms with Gasteiger partial charge < -0.3 is 15.7 Å². The van der Waals surface area contributed by atoms with Gasteiger partial charge in [-0.2, -0.15) is 4.31 Å². The van der Waals surface area contributed by atoms with Gasteiger partial charge in [-0.1, -0.05) is 58.4 Å². The summed E-state index contributed by atoms with van der Waals surface area (Å²) >= 11 is 3.45. The second-order valence-corrected chi connectivity index (χ2v) is 13.0. The van der Waals surface area contributed by atoms with Crippen molar-refractivity contribution >= 4 is 37.8 Å². The highest BCUT2D eigenvalue weighted by atomic mass is 79.9. The van der Waals surface area contributed by atoms with E-state index in [4.69, 9.17) is 0 Å². The van der Waals surface area contributed by atoms with Gasteiger partial charge in [0, 0.05) is 16.6 Å². The van der Waals surface area contributed by atoms with E-state index >= 15 is 0 Å². The Hall–Kier alpha value is -3.71. The van der Waals surface area contributed by atoms with Crippen molar-refractivity contribution in [1.29, 1.82) is 0 Å². The van der Waals surface area contributed by atoms with Crippen LogP contribution in [0.2, 0.25) is 0 Å². The molecule has 1 aliphatic rings. The van der Waals surface area contributed by atoms with Gasteiger partial charge in [0.15, 0.2) is 0 Å². The van der Waals surface area contributed by atoms with Gasteiger partial charge in [0.1, 0.15) is 11.9 Å². The van der Waals surface area contributed by atoms with Gasteiger partial charge in [-0.25, -0.2) is 22.8 Å². The summed E-state index contributed by atoms with van der Waals surface area (Å²) in [5.74, 6) is -0.693. The number of hydrogen-bond acceptors (Lipinski definition) is 7. The Morgan fingerprint density at radius 3 is 2.47 bits per heavy atom. The number of benzene rings is 3. The molecule has 0 aliphatic carbocycles. The van der Waals surface area contributed by atoms with Crippen LogP contribution in [0.1, 0.15) is 24.1 Å². The van der Waals surface area contributed by atoms with Crippen molar-refractivity contribution in [2.24, 2.45) is 0 Å². The average Bonchev–Trinajstić information content (AvgIpc) is 3.52. The maximum atomic E-state index is 13.4. The molecule has 1 amide bonds. The van der Waals surface area contributed by atoms with Crippen molar-refractivity contribution in [3.8, 4) is 11.3 Å². The minimum atomic E-state index is -3.99. The molecule has 1 aliphatic heterocycles. The fourth-order valence-electron chi connectivity index (χ4n) is 4.99. The minimum Gasteiger partial charge on any atom is -0.394 e. The van der Waals surface area contributed by atoms with Crippen LogP contribution in [0.3, 0.4) is 0 Å². The molecular formula is C31H31BrFN5O4S. The smallest absolute Gasteiger partial charge is 0.243 e. The molecule has 1 saturated heterocycles. The molecule has 0 bridgehead atoms. The Morgan fingerprint density at radius 2 is 1.77 bits per heavy atom. The third-order valence-electron chi connectivity index (χ3n) is 7.17. The predicted molar refractivity (Wildman–Crippen MR) is 165 cm³/mol. The van der Waals surface area contributed by atoms with E-state index in [-0.39, 0.29) is 30.6 Å². The zero-order valence-corrected chi connectivity index (χ0v) is 25.6. The molecular weight excluding hydrogens is 637 g/mol. The lowest BCUT2D eigenvalue weighted by Gasteiger charge is -2.23. The zero-order valence-electron chi connectivity index (χ0n) is 23.2. The number of aliphatic hydroxyl groups excluding tert-OH is 1. The fourth-order valence-corrected chi connectivity index (χ4v) is 6.91. The lowest BCUT2D eigenvalue weighted by Crippen LogP contribution is -2.45. The number of halogens is 2. The minimum absolute atomic E-state index is 0.0307. The fraction of sp³-hybridized carbons (Fsp3) is 0.258. The van der Waals surface area contributed by atoms with Crippen LogP contribution < -0.4 is 10.6 Å². The van der Waals surface area contributed by atoms with Gasteiger partial charge in [-0.3, -0.25) is 4.79 Å². The standard InChI is InChI=1S/C31H31BrFN5O4S/c32-23-10-8-22(9-11-23)28-18-25(35-31(37-28)36-26(20-39)17-21-5-2-1-3-6-21)19-34-30(40)29-7-4-16-38(29)43(41,42)27-14-12-24(33)13-15-27/h1-3,5-6,8-15,18,26,29,39H,4,7,16-17,19-20H2,(H,34,40)(H,35,36,37)/t26?,29-/m0/s1. The van der Waals surface area contributed by atoms with Crippen molar-refractivity contribution < 1.29 is 22.7 Å². The first-order valence-electron chi connectivity index (χ1n) is 13.8. The van der Waals surface area contributed by atoms with Crippen LogP contribution in [0.25, 0.3) is 11.3 Å². The quantitative estimate of drug-likeness (QED) is 0.215. The van der Waals surface area contributed by atoms with Crippen molar-refractivity contribution in [2.45, 2.75) is 42.8 Å². The second kappa shape index (κ2) is 13.7. The molecule has 1 fully saturated rings. The van der Waals surface area contributed by atoms with E-state index in [0.717, 1.165) is 27.7 Å². The van der Waals surface area contributed by atoms with Gasteiger partial charge in [-0.15, -0.1) is 0 Å². The highest BCUT2D eigenvalue weighted by Crippen LogP contribution is 2.27. The topological polar surface area (TPSA) is 125 Å². The molecule has 0 saturated carbocycles. The van der Waals surface area contributed by atoms with E-state index in [1.807, 2.05) is 54.6 Å². The summed E-state index contributed by atoms with van der Waals surface area (Å²) in [7, 11) is -3.99. The molecule has 5 rings (SSSR count). The molecule has 1 unspecified atom stereocenters. The molecule has 2 heterocycles. The number of aliphatic hydroxyl groups is 1. The van der Waals surface area contributed by atoms with Crippen LogP contribution in [-0.4, -0.2) is 58.9 Å². The largest absolute Gasteiger partial charge is 0.394 e. The number of rotatable bonds is 11. The number of anilines is 1. The van der Waals surface area contributed by atoms with Crippen LogP contribution in [0.4, 0.5) is 10.3 Å². The van der Waals surface area contributed by atoms with E-state index in [0.29, 0.717) is 36.6 Å². The second-order valence-electron chi connectivity index (χ2n) is 10.2. The third kappa shape index (κ3) is 7.63. The van der Waals surface area contributed by atoms with Crippen molar-refractivity contribution in [2.75, 3.05) is 18.5 Å². The maximum absolute atomic E-state index is 13.4. The Labute approximate surface area is 258 Å². The lowest BCUT2D eigenvalue weighted by atomic mass is 10.1. The summed E-state index contributed by atoms with van der Waals surface area (Å²) < 4.78 is 41.9. The number of aromatic nitrogens is 2. The number of nitrogens with zero attached hydrogens (tertiary/aromatic N) is 3. The van der Waals surface area contributed by atoms with Gasteiger partial charge in [-0.05, 0) is 67.3 Å². The zero-order chi connectivity index (χ0) is 30.4. The normalized spacial score (nSPS) is 16.1. The van der Waals surface area contributed by atoms with Crippen LogP contribution >= 0.6 is 15.9 Å². The van der Waals surface area contributed by atoms with Gasteiger partial charge in [0.2, 0.25) is 21.9 Å². The number of carbonyl (C=O) groups excluding carboxylic acids is 1. The van der Waals surface area contributed by atoms with Gasteiger partial charge >= 0.3 is 0 Å². The number of carbonyl (C=O) groups is 1. The molecule has 224 valence electrons. The van der Waals surface area contributed by atoms with Crippen LogP contribution in [0, 0.1) is 5.82 Å². The van der Waals surface area contributed by atoms with Crippen LogP contribution in [0.15, 0.2) is 94.3 Å². The SMILES string of the molecule is O=C(NCc1cc(-c2ccc(Br)cc2)nc(NC(CO)Cc2ccccc2)n1)[C@@H]1CCCN1S(=O)(=O)c1ccc(F)cc1. The van der Waals surface area contributed by atoms with Gasteiger partial charge in [0.05, 0.1) is 35.5 Å². The van der Waals surface area contributed by atoms with Crippen molar-refractivity contribution in [3.63, 3.8) is 0 Å². The van der Waals surface area contributed by atoms with E-state index < -0.39 is 27.8 Å². The Morgan fingerprint density at radius 1 is 1.05 bits per heavy atom. The first-order valence-corrected chi connectivity index (χ1v) is 16.1. The van der Waals surface area contributed by atoms with Crippen LogP contribution in [0.5, 0.6) is 0 Å². The molecule has 1 aromatic heterocycles. The number of amides is 1. The summed E-state index contributed by atoms with van der Waals surface area (Å²) in [6, 6.07) is 22.5.